The van der Waals surface area contributed by atoms with Crippen LogP contribution in [0.1, 0.15) is 30.3 Å². The van der Waals surface area contributed by atoms with Gasteiger partial charge in [-0.2, -0.15) is 27.1 Å². The average Bonchev–Trinajstić information content (AvgIpc) is 3.40. The third kappa shape index (κ3) is 3.88. The molecule has 0 aliphatic carbocycles. The molecule has 1 aliphatic rings. The zero-order valence-corrected chi connectivity index (χ0v) is 18.7. The zero-order valence-electron chi connectivity index (χ0n) is 18.7. The van der Waals surface area contributed by atoms with Crippen LogP contribution in [0.5, 0.6) is 0 Å². The fourth-order valence-electron chi connectivity index (χ4n) is 4.02. The molecule has 4 aromatic rings. The van der Waals surface area contributed by atoms with Crippen LogP contribution in [0.2, 0.25) is 0 Å². The summed E-state index contributed by atoms with van der Waals surface area (Å²) in [5.74, 6) is -6.42. The molecule has 16 heteroatoms. The van der Waals surface area contributed by atoms with E-state index in [2.05, 4.69) is 35.3 Å². The summed E-state index contributed by atoms with van der Waals surface area (Å²) in [6, 6.07) is 2.45. The van der Waals surface area contributed by atoms with Crippen LogP contribution in [0.25, 0.3) is 17.2 Å². The predicted molar refractivity (Wildman–Crippen MR) is 115 cm³/mol. The van der Waals surface area contributed by atoms with Gasteiger partial charge >= 0.3 is 12.1 Å². The Kier molecular flexibility index (Phi) is 5.31. The van der Waals surface area contributed by atoms with Crippen LogP contribution in [0.15, 0.2) is 30.9 Å². The molecule has 1 atom stereocenters. The number of pyridine rings is 1. The summed E-state index contributed by atoms with van der Waals surface area (Å²) in [7, 11) is 0. The quantitative estimate of drug-likeness (QED) is 0.381. The number of nitrogens with zero attached hydrogens (tertiary/aromatic N) is 7. The van der Waals surface area contributed by atoms with E-state index in [0.29, 0.717) is 0 Å². The van der Waals surface area contributed by atoms with Crippen molar-refractivity contribution in [3.8, 4) is 11.5 Å². The number of halogens is 6. The maximum atomic E-state index is 13.5. The van der Waals surface area contributed by atoms with Crippen LogP contribution in [0, 0.1) is 5.82 Å². The molecule has 37 heavy (non-hydrogen) atoms. The number of hydrogen-bond acceptors (Lipinski definition) is 8. The number of carbonyl (C=O) groups is 1. The lowest BCUT2D eigenvalue weighted by Crippen LogP contribution is -2.36. The molecule has 0 radical (unpaired) electrons. The Morgan fingerprint density at radius 1 is 1.11 bits per heavy atom. The van der Waals surface area contributed by atoms with Gasteiger partial charge in [-0.1, -0.05) is 0 Å². The molecule has 0 spiro atoms. The number of carbonyl (C=O) groups excluding carboxylic acids is 1. The second kappa shape index (κ2) is 8.07. The van der Waals surface area contributed by atoms with E-state index in [1.807, 2.05) is 0 Å². The van der Waals surface area contributed by atoms with E-state index >= 15 is 0 Å². The molecule has 1 unspecified atom stereocenters. The van der Waals surface area contributed by atoms with Crippen LogP contribution in [0.4, 0.5) is 38.0 Å². The minimum absolute atomic E-state index is 0.00627. The molecule has 0 saturated carbocycles. The molecular formula is C21H15F6N9O. The molecule has 10 nitrogen and oxygen atoms in total. The summed E-state index contributed by atoms with van der Waals surface area (Å²) in [5, 5.41) is 6.47. The van der Waals surface area contributed by atoms with Gasteiger partial charge in [-0.25, -0.2) is 28.8 Å². The standard InChI is InChI=1S/C21H15F6N9O/c1-19(12-3-2-9(22)6-29-12)13-14(28)33-15(34-16(13)35-18(19)37)11-7-36-17(30-8-31-36)10(32-11)4-5-20(23,24)21(25,26)27/h2-3,6-8H,4-5H2,1H3,(H3,28,33,34,35,37). The molecule has 4 aromatic heterocycles. The molecule has 3 N–H and O–H groups in total. The number of hydrogen-bond donors (Lipinski definition) is 2. The number of nitrogen functional groups attached to an aromatic ring is 1. The Labute approximate surface area is 203 Å². The van der Waals surface area contributed by atoms with Gasteiger partial charge in [0.2, 0.25) is 5.91 Å². The number of fused-ring (bicyclic) bond motifs is 2. The van der Waals surface area contributed by atoms with Crippen LogP contribution in [-0.4, -0.2) is 52.5 Å². The lowest BCUT2D eigenvalue weighted by molar-refractivity contribution is -0.284. The highest BCUT2D eigenvalue weighted by atomic mass is 19.4. The van der Waals surface area contributed by atoms with Crippen molar-refractivity contribution in [3.05, 3.63) is 53.6 Å². The molecule has 1 amide bonds. The first kappa shape index (κ1) is 24.3. The number of aromatic nitrogens is 7. The highest BCUT2D eigenvalue weighted by Gasteiger charge is 2.56. The molecule has 5 heterocycles. The minimum Gasteiger partial charge on any atom is -0.383 e. The van der Waals surface area contributed by atoms with E-state index in [9.17, 15) is 31.1 Å². The van der Waals surface area contributed by atoms with Crippen LogP contribution < -0.4 is 11.1 Å². The highest BCUT2D eigenvalue weighted by molar-refractivity contribution is 6.08. The van der Waals surface area contributed by atoms with Crippen molar-refractivity contribution in [2.24, 2.45) is 0 Å². The first-order valence-corrected chi connectivity index (χ1v) is 10.6. The molecule has 0 saturated heterocycles. The van der Waals surface area contributed by atoms with E-state index in [0.717, 1.165) is 23.1 Å². The molecule has 5 rings (SSSR count). The monoisotopic (exact) mass is 523 g/mol. The lowest BCUT2D eigenvalue weighted by Gasteiger charge is -2.22. The summed E-state index contributed by atoms with van der Waals surface area (Å²) >= 11 is 0. The van der Waals surface area contributed by atoms with Gasteiger partial charge in [0, 0.05) is 6.42 Å². The number of amides is 1. The molecular weight excluding hydrogens is 508 g/mol. The highest BCUT2D eigenvalue weighted by Crippen LogP contribution is 2.44. The Balaban J connectivity index is 1.57. The molecule has 192 valence electrons. The number of alkyl halides is 5. The molecule has 1 aliphatic heterocycles. The predicted octanol–water partition coefficient (Wildman–Crippen LogP) is 3.09. The zero-order chi connectivity index (χ0) is 26.8. The normalized spacial score (nSPS) is 17.8. The van der Waals surface area contributed by atoms with E-state index in [1.165, 1.54) is 19.2 Å². The minimum atomic E-state index is -5.73. The first-order chi connectivity index (χ1) is 17.3. The fraction of sp³-hybridized carbons (Fsp3) is 0.286. The van der Waals surface area contributed by atoms with Crippen molar-refractivity contribution in [3.63, 3.8) is 0 Å². The summed E-state index contributed by atoms with van der Waals surface area (Å²) < 4.78 is 79.5. The fourth-order valence-corrected chi connectivity index (χ4v) is 4.02. The van der Waals surface area contributed by atoms with E-state index in [4.69, 9.17) is 5.73 Å². The van der Waals surface area contributed by atoms with Crippen molar-refractivity contribution in [2.45, 2.75) is 37.3 Å². The Morgan fingerprint density at radius 2 is 1.86 bits per heavy atom. The van der Waals surface area contributed by atoms with E-state index < -0.39 is 42.1 Å². The maximum Gasteiger partial charge on any atom is 0.453 e. The average molecular weight is 523 g/mol. The van der Waals surface area contributed by atoms with Crippen molar-refractivity contribution in [2.75, 3.05) is 11.1 Å². The first-order valence-electron chi connectivity index (χ1n) is 10.6. The van der Waals surface area contributed by atoms with Gasteiger partial charge in [0.25, 0.3) is 0 Å². The van der Waals surface area contributed by atoms with Gasteiger partial charge in [-0.3, -0.25) is 9.78 Å². The second-order valence-electron chi connectivity index (χ2n) is 8.40. The van der Waals surface area contributed by atoms with Crippen molar-refractivity contribution < 1.29 is 31.1 Å². The van der Waals surface area contributed by atoms with E-state index in [-0.39, 0.29) is 45.8 Å². The Hall–Kier alpha value is -4.37. The smallest absolute Gasteiger partial charge is 0.383 e. The summed E-state index contributed by atoms with van der Waals surface area (Å²) in [6.07, 6.45) is -4.78. The lowest BCUT2D eigenvalue weighted by atomic mass is 9.81. The topological polar surface area (TPSA) is 137 Å². The number of rotatable bonds is 5. The number of nitrogens with two attached hydrogens (primary N) is 1. The summed E-state index contributed by atoms with van der Waals surface area (Å²) in [5.41, 5.74) is 4.78. The van der Waals surface area contributed by atoms with Gasteiger partial charge in [0.1, 0.15) is 34.9 Å². The molecule has 0 aromatic carbocycles. The maximum absolute atomic E-state index is 13.5. The SMILES string of the molecule is CC1(c2ccc(F)cn2)C(=O)Nc2nc(-c3cn4ncnc4c(CCC(F)(F)C(F)(F)F)n3)nc(N)c21. The van der Waals surface area contributed by atoms with Crippen LogP contribution in [-0.2, 0) is 16.6 Å². The largest absolute Gasteiger partial charge is 0.453 e. The third-order valence-corrected chi connectivity index (χ3v) is 6.01. The Morgan fingerprint density at radius 3 is 2.54 bits per heavy atom. The van der Waals surface area contributed by atoms with Gasteiger partial charge in [0.05, 0.1) is 29.3 Å². The van der Waals surface area contributed by atoms with E-state index in [1.54, 1.807) is 0 Å². The summed E-state index contributed by atoms with van der Waals surface area (Å²) in [6.45, 7) is 1.51. The molecule has 0 fully saturated rings. The Bertz CT molecular complexity index is 1540. The van der Waals surface area contributed by atoms with Gasteiger partial charge in [-0.05, 0) is 25.5 Å². The van der Waals surface area contributed by atoms with Gasteiger partial charge in [-0.15, -0.1) is 0 Å². The summed E-state index contributed by atoms with van der Waals surface area (Å²) in [4.78, 5) is 33.4. The number of anilines is 2. The van der Waals surface area contributed by atoms with Gasteiger partial charge < -0.3 is 11.1 Å². The van der Waals surface area contributed by atoms with Crippen molar-refractivity contribution in [1.82, 2.24) is 34.5 Å². The molecule has 0 bridgehead atoms. The van der Waals surface area contributed by atoms with Crippen molar-refractivity contribution >= 4 is 23.2 Å². The van der Waals surface area contributed by atoms with Crippen LogP contribution >= 0.6 is 0 Å². The third-order valence-electron chi connectivity index (χ3n) is 6.01. The number of aryl methyl sites for hydroxylation is 1. The second-order valence-corrected chi connectivity index (χ2v) is 8.40. The van der Waals surface area contributed by atoms with Crippen LogP contribution in [0.3, 0.4) is 0 Å². The van der Waals surface area contributed by atoms with Crippen molar-refractivity contribution in [1.29, 1.82) is 0 Å². The van der Waals surface area contributed by atoms with Gasteiger partial charge in [0.15, 0.2) is 11.5 Å². The number of nitrogens with one attached hydrogen (secondary N) is 1.